The van der Waals surface area contributed by atoms with Crippen LogP contribution in [0.1, 0.15) is 22.5 Å². The first-order valence-corrected chi connectivity index (χ1v) is 6.55. The minimum absolute atomic E-state index is 0.128. The third-order valence-corrected chi connectivity index (χ3v) is 3.67. The molecule has 0 aliphatic heterocycles. The Kier molecular flexibility index (Phi) is 4.20. The molecule has 0 atom stereocenters. The molecule has 0 radical (unpaired) electrons. The van der Waals surface area contributed by atoms with Crippen LogP contribution in [0.15, 0.2) is 30.3 Å². The van der Waals surface area contributed by atoms with Gasteiger partial charge in [0.25, 0.3) is 5.69 Å². The molecule has 0 amide bonds. The van der Waals surface area contributed by atoms with Crippen molar-refractivity contribution in [1.29, 1.82) is 0 Å². The van der Waals surface area contributed by atoms with Gasteiger partial charge in [0.1, 0.15) is 0 Å². The van der Waals surface area contributed by atoms with Crippen LogP contribution in [0.4, 0.5) is 5.69 Å². The van der Waals surface area contributed by atoms with E-state index in [9.17, 15) is 10.1 Å². The molecular formula is C15H19N3O2. The Hall–Kier alpha value is -2.14. The Bertz CT molecular complexity index is 615. The summed E-state index contributed by atoms with van der Waals surface area (Å²) in [5, 5.41) is 13.9. The van der Waals surface area contributed by atoms with Gasteiger partial charge in [0.15, 0.2) is 0 Å². The fourth-order valence-electron chi connectivity index (χ4n) is 2.19. The highest BCUT2D eigenvalue weighted by molar-refractivity contribution is 5.33. The molecule has 1 heterocycles. The second-order valence-corrected chi connectivity index (χ2v) is 4.98. The number of nitrogens with one attached hydrogen (secondary N) is 1. The van der Waals surface area contributed by atoms with Gasteiger partial charge in [-0.3, -0.25) is 10.1 Å². The molecule has 20 heavy (non-hydrogen) atoms. The first-order chi connectivity index (χ1) is 9.49. The van der Waals surface area contributed by atoms with E-state index in [1.165, 1.54) is 29.1 Å². The first kappa shape index (κ1) is 14.3. The number of nitrogens with zero attached hydrogens (tertiary/aromatic N) is 2. The van der Waals surface area contributed by atoms with Gasteiger partial charge in [-0.2, -0.15) is 0 Å². The molecule has 5 heteroatoms. The summed E-state index contributed by atoms with van der Waals surface area (Å²) in [6, 6.07) is 8.82. The molecule has 1 N–H and O–H groups in total. The largest absolute Gasteiger partial charge is 0.352 e. The van der Waals surface area contributed by atoms with Crippen LogP contribution in [0, 0.1) is 24.0 Å². The van der Waals surface area contributed by atoms with E-state index in [4.69, 9.17) is 0 Å². The maximum absolute atomic E-state index is 10.6. The van der Waals surface area contributed by atoms with Crippen LogP contribution in [0.2, 0.25) is 0 Å². The summed E-state index contributed by atoms with van der Waals surface area (Å²) in [7, 11) is 2.06. The number of hydrogen-bond donors (Lipinski definition) is 1. The van der Waals surface area contributed by atoms with Gasteiger partial charge in [0.05, 0.1) is 4.92 Å². The van der Waals surface area contributed by atoms with Crippen LogP contribution >= 0.6 is 0 Å². The van der Waals surface area contributed by atoms with Crippen LogP contribution in [0.5, 0.6) is 0 Å². The van der Waals surface area contributed by atoms with Crippen molar-refractivity contribution in [3.8, 4) is 0 Å². The quantitative estimate of drug-likeness (QED) is 0.673. The zero-order chi connectivity index (χ0) is 14.7. The molecule has 0 saturated heterocycles. The minimum Gasteiger partial charge on any atom is -0.352 e. The highest BCUT2D eigenvalue weighted by Gasteiger charge is 2.06. The number of nitro benzene ring substituents is 1. The number of benzene rings is 1. The number of aromatic nitrogens is 1. The molecule has 2 rings (SSSR count). The van der Waals surface area contributed by atoms with E-state index >= 15 is 0 Å². The van der Waals surface area contributed by atoms with E-state index in [-0.39, 0.29) is 10.6 Å². The molecule has 0 fully saturated rings. The highest BCUT2D eigenvalue weighted by Crippen LogP contribution is 2.14. The Morgan fingerprint density at radius 1 is 1.20 bits per heavy atom. The lowest BCUT2D eigenvalue weighted by Gasteiger charge is -2.05. The van der Waals surface area contributed by atoms with Gasteiger partial charge in [0, 0.05) is 43.7 Å². The molecule has 0 aliphatic carbocycles. The summed E-state index contributed by atoms with van der Waals surface area (Å²) in [4.78, 5) is 10.2. The predicted octanol–water partition coefficient (Wildman–Crippen LogP) is 2.84. The maximum Gasteiger partial charge on any atom is 0.269 e. The number of rotatable bonds is 5. The third kappa shape index (κ3) is 3.05. The average molecular weight is 273 g/mol. The van der Waals surface area contributed by atoms with E-state index in [0.717, 1.165) is 12.1 Å². The van der Waals surface area contributed by atoms with Crippen molar-refractivity contribution in [2.75, 3.05) is 0 Å². The molecule has 1 aromatic heterocycles. The number of nitro groups is 1. The fraction of sp³-hybridized carbons (Fsp3) is 0.333. The van der Waals surface area contributed by atoms with E-state index in [2.05, 4.69) is 36.8 Å². The van der Waals surface area contributed by atoms with E-state index in [1.54, 1.807) is 12.1 Å². The van der Waals surface area contributed by atoms with Crippen molar-refractivity contribution in [3.05, 3.63) is 63.0 Å². The molecule has 0 unspecified atom stereocenters. The summed E-state index contributed by atoms with van der Waals surface area (Å²) in [5.41, 5.74) is 4.96. The zero-order valence-electron chi connectivity index (χ0n) is 12.0. The van der Waals surface area contributed by atoms with Gasteiger partial charge in [-0.25, -0.2) is 0 Å². The smallest absolute Gasteiger partial charge is 0.269 e. The molecule has 1 aromatic carbocycles. The molecule has 0 spiro atoms. The van der Waals surface area contributed by atoms with Crippen molar-refractivity contribution in [2.24, 2.45) is 7.05 Å². The third-order valence-electron chi connectivity index (χ3n) is 3.67. The normalized spacial score (nSPS) is 10.8. The van der Waals surface area contributed by atoms with Crippen LogP contribution in [-0.4, -0.2) is 9.49 Å². The van der Waals surface area contributed by atoms with Gasteiger partial charge in [-0.15, -0.1) is 0 Å². The Balaban J connectivity index is 1.92. The van der Waals surface area contributed by atoms with Crippen molar-refractivity contribution < 1.29 is 4.92 Å². The minimum atomic E-state index is -0.382. The SMILES string of the molecule is Cc1cc(CNCc2ccc([N+](=O)[O-])cc2)c(C)n1C. The van der Waals surface area contributed by atoms with E-state index in [1.807, 2.05) is 0 Å². The Labute approximate surface area is 118 Å². The van der Waals surface area contributed by atoms with Crippen LogP contribution < -0.4 is 5.32 Å². The Morgan fingerprint density at radius 3 is 2.35 bits per heavy atom. The van der Waals surface area contributed by atoms with Gasteiger partial charge >= 0.3 is 0 Å². The summed E-state index contributed by atoms with van der Waals surface area (Å²) in [5.74, 6) is 0. The monoisotopic (exact) mass is 273 g/mol. The zero-order valence-corrected chi connectivity index (χ0v) is 12.0. The molecule has 0 saturated carbocycles. The molecule has 106 valence electrons. The Morgan fingerprint density at radius 2 is 1.85 bits per heavy atom. The van der Waals surface area contributed by atoms with Gasteiger partial charge < -0.3 is 9.88 Å². The molecule has 0 bridgehead atoms. The summed E-state index contributed by atoms with van der Waals surface area (Å²) >= 11 is 0. The lowest BCUT2D eigenvalue weighted by molar-refractivity contribution is -0.384. The van der Waals surface area contributed by atoms with Crippen LogP contribution in [0.3, 0.4) is 0 Å². The van der Waals surface area contributed by atoms with E-state index in [0.29, 0.717) is 6.54 Å². The summed E-state index contributed by atoms with van der Waals surface area (Å²) in [6.45, 7) is 5.69. The fourth-order valence-corrected chi connectivity index (χ4v) is 2.19. The van der Waals surface area contributed by atoms with Crippen LogP contribution in [-0.2, 0) is 20.1 Å². The van der Waals surface area contributed by atoms with Crippen molar-refractivity contribution >= 4 is 5.69 Å². The summed E-state index contributed by atoms with van der Waals surface area (Å²) < 4.78 is 2.17. The number of aryl methyl sites for hydroxylation is 1. The van der Waals surface area contributed by atoms with Gasteiger partial charge in [-0.1, -0.05) is 12.1 Å². The molecular weight excluding hydrogens is 254 g/mol. The first-order valence-electron chi connectivity index (χ1n) is 6.55. The van der Waals surface area contributed by atoms with Gasteiger partial charge in [-0.05, 0) is 31.0 Å². The van der Waals surface area contributed by atoms with Crippen molar-refractivity contribution in [3.63, 3.8) is 0 Å². The molecule has 5 nitrogen and oxygen atoms in total. The standard InChI is InChI=1S/C15H19N3O2/c1-11-8-14(12(2)17(11)3)10-16-9-13-4-6-15(7-5-13)18(19)20/h4-8,16H,9-10H2,1-3H3. The molecule has 0 aliphatic rings. The van der Waals surface area contributed by atoms with Gasteiger partial charge in [0.2, 0.25) is 0 Å². The molecule has 2 aromatic rings. The van der Waals surface area contributed by atoms with Crippen LogP contribution in [0.25, 0.3) is 0 Å². The lowest BCUT2D eigenvalue weighted by Crippen LogP contribution is -2.13. The van der Waals surface area contributed by atoms with Crippen molar-refractivity contribution in [2.45, 2.75) is 26.9 Å². The lowest BCUT2D eigenvalue weighted by atomic mass is 10.2. The number of non-ortho nitro benzene ring substituents is 1. The van der Waals surface area contributed by atoms with Crippen molar-refractivity contribution in [1.82, 2.24) is 9.88 Å². The highest BCUT2D eigenvalue weighted by atomic mass is 16.6. The second-order valence-electron chi connectivity index (χ2n) is 4.98. The second kappa shape index (κ2) is 5.88. The summed E-state index contributed by atoms with van der Waals surface area (Å²) in [6.07, 6.45) is 0. The average Bonchev–Trinajstić information content (AvgIpc) is 2.67. The number of hydrogen-bond acceptors (Lipinski definition) is 3. The topological polar surface area (TPSA) is 60.1 Å². The maximum atomic E-state index is 10.6. The predicted molar refractivity (Wildman–Crippen MR) is 78.5 cm³/mol. The van der Waals surface area contributed by atoms with E-state index < -0.39 is 0 Å².